The number of nitro groups is 1. The van der Waals surface area contributed by atoms with E-state index in [-0.39, 0.29) is 36.0 Å². The van der Waals surface area contributed by atoms with Gasteiger partial charge in [0.2, 0.25) is 11.8 Å². The Labute approximate surface area is 181 Å². The summed E-state index contributed by atoms with van der Waals surface area (Å²) in [6.07, 6.45) is 0.0946. The molecule has 12 nitrogen and oxygen atoms in total. The number of aromatic amines is 2. The third kappa shape index (κ3) is 4.74. The average Bonchev–Trinajstić information content (AvgIpc) is 3.17. The standard InChI is InChI=1S/C20H21N7O5/c28-17(22-16-6-5-15-19(23-16)24-20(30)21-15)7-8-18(29)26-11-9-25(10-12-26)13-1-3-14(4-2-13)27(31)32/h1-6H,7-12H2,(H3,21,22,23,24,28,30). The lowest BCUT2D eigenvalue weighted by atomic mass is 10.2. The Morgan fingerprint density at radius 2 is 1.75 bits per heavy atom. The van der Waals surface area contributed by atoms with Crippen LogP contribution in [0.4, 0.5) is 17.2 Å². The first-order chi connectivity index (χ1) is 15.4. The summed E-state index contributed by atoms with van der Waals surface area (Å²) in [4.78, 5) is 59.3. The molecule has 32 heavy (non-hydrogen) atoms. The fourth-order valence-electron chi connectivity index (χ4n) is 3.57. The summed E-state index contributed by atoms with van der Waals surface area (Å²) in [5, 5.41) is 13.4. The quantitative estimate of drug-likeness (QED) is 0.385. The number of anilines is 2. The number of hydrogen-bond acceptors (Lipinski definition) is 7. The lowest BCUT2D eigenvalue weighted by Gasteiger charge is -2.36. The van der Waals surface area contributed by atoms with Crippen molar-refractivity contribution in [2.24, 2.45) is 0 Å². The van der Waals surface area contributed by atoms with E-state index in [0.717, 1.165) is 5.69 Å². The summed E-state index contributed by atoms with van der Waals surface area (Å²) in [7, 11) is 0. The number of nitro benzene ring substituents is 1. The maximum Gasteiger partial charge on any atom is 0.325 e. The molecule has 3 aromatic rings. The van der Waals surface area contributed by atoms with Gasteiger partial charge in [0, 0.05) is 56.8 Å². The molecule has 0 aliphatic carbocycles. The third-order valence-corrected chi connectivity index (χ3v) is 5.27. The van der Waals surface area contributed by atoms with Crippen LogP contribution in [-0.2, 0) is 9.59 Å². The molecule has 0 saturated carbocycles. The molecule has 4 rings (SSSR count). The van der Waals surface area contributed by atoms with Crippen LogP contribution in [0.25, 0.3) is 11.2 Å². The molecule has 3 heterocycles. The maximum atomic E-state index is 12.5. The molecule has 1 fully saturated rings. The minimum atomic E-state index is -0.439. The molecular weight excluding hydrogens is 418 g/mol. The third-order valence-electron chi connectivity index (χ3n) is 5.27. The van der Waals surface area contributed by atoms with Gasteiger partial charge in [0.1, 0.15) is 5.82 Å². The van der Waals surface area contributed by atoms with Crippen LogP contribution < -0.4 is 15.9 Å². The lowest BCUT2D eigenvalue weighted by Crippen LogP contribution is -2.48. The number of pyridine rings is 1. The SMILES string of the molecule is O=C(CCC(=O)N1CCN(c2ccc([N+](=O)[O-])cc2)CC1)Nc1ccc2[nH]c(=O)[nH]c2n1. The van der Waals surface area contributed by atoms with Gasteiger partial charge in [-0.3, -0.25) is 24.7 Å². The second kappa shape index (κ2) is 8.88. The van der Waals surface area contributed by atoms with Gasteiger partial charge in [-0.1, -0.05) is 0 Å². The Kier molecular flexibility index (Phi) is 5.83. The highest BCUT2D eigenvalue weighted by molar-refractivity contribution is 5.93. The summed E-state index contributed by atoms with van der Waals surface area (Å²) in [5.41, 5.74) is 1.41. The van der Waals surface area contributed by atoms with Crippen molar-refractivity contribution in [1.82, 2.24) is 19.9 Å². The van der Waals surface area contributed by atoms with Crippen molar-refractivity contribution in [3.8, 4) is 0 Å². The monoisotopic (exact) mass is 439 g/mol. The van der Waals surface area contributed by atoms with Crippen molar-refractivity contribution in [3.05, 3.63) is 57.0 Å². The predicted molar refractivity (Wildman–Crippen MR) is 116 cm³/mol. The number of nitrogens with one attached hydrogen (secondary N) is 3. The molecule has 0 atom stereocenters. The molecule has 1 aliphatic heterocycles. The van der Waals surface area contributed by atoms with Gasteiger partial charge in [-0.05, 0) is 24.3 Å². The topological polar surface area (TPSA) is 157 Å². The molecule has 0 bridgehead atoms. The Morgan fingerprint density at radius 1 is 1.03 bits per heavy atom. The van der Waals surface area contributed by atoms with Crippen molar-refractivity contribution >= 4 is 40.2 Å². The van der Waals surface area contributed by atoms with E-state index in [2.05, 4.69) is 25.2 Å². The predicted octanol–water partition coefficient (Wildman–Crippen LogP) is 1.23. The number of fused-ring (bicyclic) bond motifs is 1. The molecule has 12 heteroatoms. The van der Waals surface area contributed by atoms with Gasteiger partial charge < -0.3 is 20.1 Å². The smallest absolute Gasteiger partial charge is 0.325 e. The van der Waals surface area contributed by atoms with E-state index in [9.17, 15) is 24.5 Å². The van der Waals surface area contributed by atoms with E-state index in [1.807, 2.05) is 0 Å². The van der Waals surface area contributed by atoms with E-state index in [1.54, 1.807) is 29.2 Å². The highest BCUT2D eigenvalue weighted by Gasteiger charge is 2.22. The number of rotatable bonds is 6. The maximum absolute atomic E-state index is 12.5. The fraction of sp³-hybridized carbons (Fsp3) is 0.300. The van der Waals surface area contributed by atoms with Crippen LogP contribution in [0.2, 0.25) is 0 Å². The first kappa shape index (κ1) is 21.0. The number of imidazole rings is 1. The van der Waals surface area contributed by atoms with Gasteiger partial charge in [-0.2, -0.15) is 0 Å². The average molecular weight is 439 g/mol. The fourth-order valence-corrected chi connectivity index (χ4v) is 3.57. The molecule has 166 valence electrons. The zero-order chi connectivity index (χ0) is 22.7. The molecule has 0 radical (unpaired) electrons. The van der Waals surface area contributed by atoms with Crippen molar-refractivity contribution in [2.75, 3.05) is 36.4 Å². The van der Waals surface area contributed by atoms with Crippen LogP contribution in [-0.4, -0.2) is 62.8 Å². The van der Waals surface area contributed by atoms with Gasteiger partial charge in [0.15, 0.2) is 5.65 Å². The molecule has 3 N–H and O–H groups in total. The van der Waals surface area contributed by atoms with E-state index < -0.39 is 4.92 Å². The Hall–Kier alpha value is -4.22. The molecule has 0 spiro atoms. The second-order valence-corrected chi connectivity index (χ2v) is 7.36. The minimum Gasteiger partial charge on any atom is -0.368 e. The van der Waals surface area contributed by atoms with Crippen LogP contribution in [0.3, 0.4) is 0 Å². The molecule has 1 saturated heterocycles. The van der Waals surface area contributed by atoms with Crippen LogP contribution in [0.1, 0.15) is 12.8 Å². The number of non-ortho nitro benzene ring substituents is 1. The summed E-state index contributed by atoms with van der Waals surface area (Å²) < 4.78 is 0. The minimum absolute atomic E-state index is 0.0186. The van der Waals surface area contributed by atoms with E-state index in [4.69, 9.17) is 0 Å². The molecule has 2 amide bonds. The first-order valence-corrected chi connectivity index (χ1v) is 10.0. The number of piperazine rings is 1. The number of carbonyl (C=O) groups is 2. The van der Waals surface area contributed by atoms with Crippen LogP contribution in [0, 0.1) is 10.1 Å². The number of aromatic nitrogens is 3. The number of hydrogen-bond donors (Lipinski definition) is 3. The summed E-state index contributed by atoms with van der Waals surface area (Å²) >= 11 is 0. The molecule has 1 aliphatic rings. The Morgan fingerprint density at radius 3 is 2.44 bits per heavy atom. The number of nitrogens with zero attached hydrogens (tertiary/aromatic N) is 4. The number of carbonyl (C=O) groups excluding carboxylic acids is 2. The van der Waals surface area contributed by atoms with Gasteiger partial charge in [0.25, 0.3) is 5.69 Å². The molecule has 1 aromatic carbocycles. The Bertz CT molecular complexity index is 1210. The Balaban J connectivity index is 1.24. The van der Waals surface area contributed by atoms with Crippen molar-refractivity contribution in [3.63, 3.8) is 0 Å². The molecular formula is C20H21N7O5. The van der Waals surface area contributed by atoms with Crippen LogP contribution in [0.15, 0.2) is 41.2 Å². The normalized spacial score (nSPS) is 13.9. The summed E-state index contributed by atoms with van der Waals surface area (Å²) in [6.45, 7) is 2.23. The molecule has 2 aromatic heterocycles. The van der Waals surface area contributed by atoms with E-state index in [0.29, 0.717) is 43.2 Å². The van der Waals surface area contributed by atoms with Crippen molar-refractivity contribution in [1.29, 1.82) is 0 Å². The number of benzene rings is 1. The number of H-pyrrole nitrogens is 2. The van der Waals surface area contributed by atoms with Crippen LogP contribution in [0.5, 0.6) is 0 Å². The van der Waals surface area contributed by atoms with Crippen LogP contribution >= 0.6 is 0 Å². The second-order valence-electron chi connectivity index (χ2n) is 7.36. The molecule has 0 unspecified atom stereocenters. The highest BCUT2D eigenvalue weighted by Crippen LogP contribution is 2.21. The summed E-state index contributed by atoms with van der Waals surface area (Å²) in [5.74, 6) is -0.156. The van der Waals surface area contributed by atoms with Crippen molar-refractivity contribution in [2.45, 2.75) is 12.8 Å². The summed E-state index contributed by atoms with van der Waals surface area (Å²) in [6, 6.07) is 9.54. The van der Waals surface area contributed by atoms with E-state index >= 15 is 0 Å². The first-order valence-electron chi connectivity index (χ1n) is 10.0. The zero-order valence-electron chi connectivity index (χ0n) is 17.0. The lowest BCUT2D eigenvalue weighted by molar-refractivity contribution is -0.384. The highest BCUT2D eigenvalue weighted by atomic mass is 16.6. The van der Waals surface area contributed by atoms with Gasteiger partial charge >= 0.3 is 5.69 Å². The largest absolute Gasteiger partial charge is 0.368 e. The van der Waals surface area contributed by atoms with Gasteiger partial charge in [-0.25, -0.2) is 9.78 Å². The van der Waals surface area contributed by atoms with Gasteiger partial charge in [0.05, 0.1) is 10.4 Å². The zero-order valence-corrected chi connectivity index (χ0v) is 17.0. The van der Waals surface area contributed by atoms with Gasteiger partial charge in [-0.15, -0.1) is 0 Å². The van der Waals surface area contributed by atoms with Crippen molar-refractivity contribution < 1.29 is 14.5 Å². The number of amides is 2. The van der Waals surface area contributed by atoms with E-state index in [1.165, 1.54) is 12.1 Å².